The van der Waals surface area contributed by atoms with Crippen molar-refractivity contribution in [3.63, 3.8) is 0 Å². The number of urea groups is 1. The number of amides is 3. The summed E-state index contributed by atoms with van der Waals surface area (Å²) in [5.41, 5.74) is 5.92. The minimum Gasteiger partial charge on any atom is -0.352 e. The van der Waals surface area contributed by atoms with Crippen LogP contribution in [0.4, 0.5) is 4.79 Å². The minimum absolute atomic E-state index is 0.0940. The third-order valence-corrected chi connectivity index (χ3v) is 3.54. The van der Waals surface area contributed by atoms with Crippen LogP contribution in [-0.2, 0) is 11.3 Å². The van der Waals surface area contributed by atoms with Gasteiger partial charge in [0.25, 0.3) is 0 Å². The monoisotopic (exact) mass is 311 g/mol. The van der Waals surface area contributed by atoms with Crippen LogP contribution in [0.2, 0.25) is 5.02 Å². The summed E-state index contributed by atoms with van der Waals surface area (Å²) >= 11 is 6.12. The van der Waals surface area contributed by atoms with Crippen molar-refractivity contribution in [2.75, 3.05) is 13.1 Å². The molecule has 0 saturated heterocycles. The summed E-state index contributed by atoms with van der Waals surface area (Å²) < 4.78 is 0. The summed E-state index contributed by atoms with van der Waals surface area (Å²) in [6.45, 7) is 3.61. The highest BCUT2D eigenvalue weighted by Gasteiger charge is 2.13. The number of benzene rings is 1. The van der Waals surface area contributed by atoms with E-state index in [1.807, 2.05) is 31.2 Å². The standard InChI is InChI=1S/C15H22ClN3O2/c1-2-19(11-12-7-3-4-8-13(12)16)14(20)9-5-6-10-18-15(17)21/h3-4,7-8H,2,5-6,9-11H2,1H3,(H3,17,18,21). The lowest BCUT2D eigenvalue weighted by Gasteiger charge is -2.21. The average molecular weight is 312 g/mol. The number of hydrogen-bond donors (Lipinski definition) is 2. The fraction of sp³-hybridized carbons (Fsp3) is 0.467. The Labute approximate surface area is 130 Å². The van der Waals surface area contributed by atoms with Crippen LogP contribution in [-0.4, -0.2) is 29.9 Å². The van der Waals surface area contributed by atoms with Gasteiger partial charge in [0, 0.05) is 31.1 Å². The van der Waals surface area contributed by atoms with Gasteiger partial charge in [-0.3, -0.25) is 4.79 Å². The molecule has 0 radical (unpaired) electrons. The molecule has 0 aliphatic carbocycles. The number of hydrogen-bond acceptors (Lipinski definition) is 2. The van der Waals surface area contributed by atoms with Gasteiger partial charge in [-0.2, -0.15) is 0 Å². The van der Waals surface area contributed by atoms with Crippen molar-refractivity contribution < 1.29 is 9.59 Å². The van der Waals surface area contributed by atoms with Gasteiger partial charge in [0.05, 0.1) is 0 Å². The van der Waals surface area contributed by atoms with Crippen molar-refractivity contribution in [1.29, 1.82) is 0 Å². The molecule has 0 unspecified atom stereocenters. The Morgan fingerprint density at radius 3 is 2.62 bits per heavy atom. The van der Waals surface area contributed by atoms with Crippen LogP contribution in [0.5, 0.6) is 0 Å². The van der Waals surface area contributed by atoms with Crippen LogP contribution >= 0.6 is 11.6 Å². The van der Waals surface area contributed by atoms with Crippen LogP contribution in [0.15, 0.2) is 24.3 Å². The van der Waals surface area contributed by atoms with Gasteiger partial charge >= 0.3 is 6.03 Å². The van der Waals surface area contributed by atoms with Gasteiger partial charge in [-0.15, -0.1) is 0 Å². The molecule has 0 aliphatic rings. The third-order valence-electron chi connectivity index (χ3n) is 3.17. The van der Waals surface area contributed by atoms with Gasteiger partial charge in [0.1, 0.15) is 0 Å². The number of unbranched alkanes of at least 4 members (excludes halogenated alkanes) is 1. The van der Waals surface area contributed by atoms with E-state index in [-0.39, 0.29) is 5.91 Å². The maximum Gasteiger partial charge on any atom is 0.312 e. The second kappa shape index (κ2) is 9.23. The molecular weight excluding hydrogens is 290 g/mol. The molecule has 3 amide bonds. The molecule has 0 saturated carbocycles. The van der Waals surface area contributed by atoms with Crippen molar-refractivity contribution in [3.05, 3.63) is 34.9 Å². The molecule has 1 aromatic rings. The van der Waals surface area contributed by atoms with Crippen molar-refractivity contribution in [1.82, 2.24) is 10.2 Å². The number of carbonyl (C=O) groups excluding carboxylic acids is 2. The fourth-order valence-electron chi connectivity index (χ4n) is 1.98. The van der Waals surface area contributed by atoms with E-state index in [9.17, 15) is 9.59 Å². The molecule has 0 aliphatic heterocycles. The molecule has 5 nitrogen and oxygen atoms in total. The summed E-state index contributed by atoms with van der Waals surface area (Å²) in [5.74, 6) is 0.0940. The Kier molecular flexibility index (Phi) is 7.61. The van der Waals surface area contributed by atoms with E-state index in [0.29, 0.717) is 31.1 Å². The van der Waals surface area contributed by atoms with Crippen LogP contribution in [0.25, 0.3) is 0 Å². The van der Waals surface area contributed by atoms with E-state index >= 15 is 0 Å². The summed E-state index contributed by atoms with van der Waals surface area (Å²) in [6.07, 6.45) is 1.91. The summed E-state index contributed by atoms with van der Waals surface area (Å²) in [7, 11) is 0. The highest BCUT2D eigenvalue weighted by molar-refractivity contribution is 6.31. The average Bonchev–Trinajstić information content (AvgIpc) is 2.45. The molecule has 1 aromatic carbocycles. The van der Waals surface area contributed by atoms with E-state index in [0.717, 1.165) is 18.4 Å². The predicted octanol–water partition coefficient (Wildman–Crippen LogP) is 2.53. The van der Waals surface area contributed by atoms with Gasteiger partial charge in [-0.25, -0.2) is 4.79 Å². The zero-order valence-corrected chi connectivity index (χ0v) is 13.0. The Hall–Kier alpha value is -1.75. The minimum atomic E-state index is -0.532. The largest absolute Gasteiger partial charge is 0.352 e. The zero-order chi connectivity index (χ0) is 15.7. The van der Waals surface area contributed by atoms with Crippen molar-refractivity contribution >= 4 is 23.5 Å². The van der Waals surface area contributed by atoms with Crippen molar-refractivity contribution in [2.45, 2.75) is 32.7 Å². The molecule has 21 heavy (non-hydrogen) atoms. The lowest BCUT2D eigenvalue weighted by molar-refractivity contribution is -0.131. The van der Waals surface area contributed by atoms with Gasteiger partial charge in [-0.05, 0) is 31.4 Å². The molecule has 116 valence electrons. The first-order chi connectivity index (χ1) is 10.0. The molecule has 0 heterocycles. The number of primary amides is 1. The third kappa shape index (κ3) is 6.49. The molecule has 6 heteroatoms. The van der Waals surface area contributed by atoms with E-state index in [1.165, 1.54) is 0 Å². The van der Waals surface area contributed by atoms with Crippen LogP contribution in [0, 0.1) is 0 Å². The SMILES string of the molecule is CCN(Cc1ccccc1Cl)C(=O)CCCCNC(N)=O. The summed E-state index contributed by atoms with van der Waals surface area (Å²) in [5, 5.41) is 3.18. The van der Waals surface area contributed by atoms with Gasteiger partial charge in [0.15, 0.2) is 0 Å². The van der Waals surface area contributed by atoms with E-state index in [4.69, 9.17) is 17.3 Å². The molecule has 3 N–H and O–H groups in total. The van der Waals surface area contributed by atoms with Gasteiger partial charge in [0.2, 0.25) is 5.91 Å². The quantitative estimate of drug-likeness (QED) is 0.724. The normalized spacial score (nSPS) is 10.2. The first-order valence-corrected chi connectivity index (χ1v) is 7.47. The molecule has 0 atom stereocenters. The smallest absolute Gasteiger partial charge is 0.312 e. The maximum atomic E-state index is 12.2. The van der Waals surface area contributed by atoms with Gasteiger partial charge in [-0.1, -0.05) is 29.8 Å². The number of carbonyl (C=O) groups is 2. The highest BCUT2D eigenvalue weighted by Crippen LogP contribution is 2.17. The first-order valence-electron chi connectivity index (χ1n) is 7.09. The molecule has 0 bridgehead atoms. The number of nitrogens with one attached hydrogen (secondary N) is 1. The fourth-order valence-corrected chi connectivity index (χ4v) is 2.18. The van der Waals surface area contributed by atoms with Crippen LogP contribution < -0.4 is 11.1 Å². The molecule has 1 rings (SSSR count). The summed E-state index contributed by atoms with van der Waals surface area (Å²) in [6, 6.07) is 7.00. The van der Waals surface area contributed by atoms with Gasteiger partial charge < -0.3 is 16.0 Å². The molecular formula is C15H22ClN3O2. The molecule has 0 fully saturated rings. The van der Waals surface area contributed by atoms with Crippen LogP contribution in [0.3, 0.4) is 0 Å². The molecule has 0 aromatic heterocycles. The van der Waals surface area contributed by atoms with Crippen LogP contribution in [0.1, 0.15) is 31.7 Å². The highest BCUT2D eigenvalue weighted by atomic mass is 35.5. The van der Waals surface area contributed by atoms with Crippen molar-refractivity contribution in [2.24, 2.45) is 5.73 Å². The molecule has 0 spiro atoms. The first kappa shape index (κ1) is 17.3. The lowest BCUT2D eigenvalue weighted by Crippen LogP contribution is -2.31. The number of nitrogens with two attached hydrogens (primary N) is 1. The van der Waals surface area contributed by atoms with E-state index in [2.05, 4.69) is 5.32 Å². The number of rotatable bonds is 8. The van der Waals surface area contributed by atoms with E-state index in [1.54, 1.807) is 4.90 Å². The Bertz CT molecular complexity index is 480. The zero-order valence-electron chi connectivity index (χ0n) is 12.3. The second-order valence-corrected chi connectivity index (χ2v) is 5.15. The Morgan fingerprint density at radius 2 is 2.00 bits per heavy atom. The topological polar surface area (TPSA) is 75.4 Å². The lowest BCUT2D eigenvalue weighted by atomic mass is 10.1. The van der Waals surface area contributed by atoms with E-state index < -0.39 is 6.03 Å². The maximum absolute atomic E-state index is 12.2. The summed E-state index contributed by atoms with van der Waals surface area (Å²) in [4.78, 5) is 24.4. The predicted molar refractivity (Wildman–Crippen MR) is 84.0 cm³/mol. The Morgan fingerprint density at radius 1 is 1.29 bits per heavy atom. The number of halogens is 1. The Balaban J connectivity index is 2.39. The van der Waals surface area contributed by atoms with Crippen molar-refractivity contribution in [3.8, 4) is 0 Å². The second-order valence-electron chi connectivity index (χ2n) is 4.75. The number of nitrogens with zero attached hydrogens (tertiary/aromatic N) is 1.